The minimum absolute atomic E-state index is 0.0582. The lowest BCUT2D eigenvalue weighted by molar-refractivity contribution is 0.0694. The van der Waals surface area contributed by atoms with E-state index in [2.05, 4.69) is 10.3 Å². The van der Waals surface area contributed by atoms with Crippen LogP contribution in [0.4, 0.5) is 10.1 Å². The first-order valence-corrected chi connectivity index (χ1v) is 10.4. The number of nitrogens with zero attached hydrogens (tertiary/aromatic N) is 4. The summed E-state index contributed by atoms with van der Waals surface area (Å²) in [5.41, 5.74) is 5.85. The number of anilines is 1. The molecule has 0 radical (unpaired) electrons. The number of rotatable bonds is 6. The van der Waals surface area contributed by atoms with Gasteiger partial charge in [-0.3, -0.25) is 4.79 Å². The molecule has 2 aromatic rings. The quantitative estimate of drug-likeness (QED) is 0.375. The smallest absolute Gasteiger partial charge is 0.341 e. The minimum Gasteiger partial charge on any atom is -0.487 e. The van der Waals surface area contributed by atoms with E-state index in [0.717, 1.165) is 6.07 Å². The van der Waals surface area contributed by atoms with Crippen LogP contribution < -0.4 is 20.8 Å². The molecule has 1 aromatic carbocycles. The first-order chi connectivity index (χ1) is 15.8. The Morgan fingerprint density at radius 3 is 2.88 bits per heavy atom. The van der Waals surface area contributed by atoms with Crippen molar-refractivity contribution in [2.24, 2.45) is 22.0 Å². The Morgan fingerprint density at radius 1 is 1.45 bits per heavy atom. The van der Waals surface area contributed by atoms with Crippen LogP contribution in [0.5, 0.6) is 5.75 Å². The average molecular weight is 461 g/mol. The Kier molecular flexibility index (Phi) is 5.83. The fourth-order valence-corrected chi connectivity index (χ4v) is 4.20. The van der Waals surface area contributed by atoms with Crippen LogP contribution in [-0.2, 0) is 9.68 Å². The van der Waals surface area contributed by atoms with Crippen molar-refractivity contribution in [2.75, 3.05) is 38.3 Å². The maximum absolute atomic E-state index is 15.5. The summed E-state index contributed by atoms with van der Waals surface area (Å²) in [6, 6.07) is 0.794. The third kappa shape index (κ3) is 3.70. The van der Waals surface area contributed by atoms with Crippen LogP contribution in [-0.4, -0.2) is 60.6 Å². The molecule has 4 rings (SSSR count). The summed E-state index contributed by atoms with van der Waals surface area (Å²) < 4.78 is 23.0. The van der Waals surface area contributed by atoms with E-state index in [0.29, 0.717) is 17.8 Å². The van der Waals surface area contributed by atoms with Crippen LogP contribution in [0.25, 0.3) is 10.9 Å². The largest absolute Gasteiger partial charge is 0.487 e. The normalized spacial score (nSPS) is 21.4. The first-order valence-electron chi connectivity index (χ1n) is 10.4. The zero-order valence-electron chi connectivity index (χ0n) is 18.4. The Balaban J connectivity index is 1.90. The maximum Gasteiger partial charge on any atom is 0.341 e. The van der Waals surface area contributed by atoms with Gasteiger partial charge in [0.15, 0.2) is 11.6 Å². The molecule has 0 saturated carbocycles. The van der Waals surface area contributed by atoms with Gasteiger partial charge in [-0.1, -0.05) is 10.3 Å². The van der Waals surface area contributed by atoms with Gasteiger partial charge in [0.25, 0.3) is 0 Å². The highest BCUT2D eigenvalue weighted by atomic mass is 19.1. The zero-order chi connectivity index (χ0) is 23.9. The number of nitrogens with two attached hydrogens (primary N) is 1. The fraction of sp³-hybridized carbons (Fsp3) is 0.429. The highest BCUT2D eigenvalue weighted by Gasteiger charge is 2.38. The molecule has 0 spiro atoms. The number of carboxylic acids is 1. The van der Waals surface area contributed by atoms with E-state index in [-0.39, 0.29) is 48.4 Å². The summed E-state index contributed by atoms with van der Waals surface area (Å²) in [5.74, 6) is -2.26. The number of carboxylic acid groups (broad SMARTS) is 1. The average Bonchev–Trinajstić information content (AvgIpc) is 3.19. The number of halogens is 1. The molecule has 1 aromatic heterocycles. The van der Waals surface area contributed by atoms with Crippen molar-refractivity contribution in [3.05, 3.63) is 33.9 Å². The van der Waals surface area contributed by atoms with Gasteiger partial charge in [0, 0.05) is 12.7 Å². The zero-order valence-corrected chi connectivity index (χ0v) is 18.4. The monoisotopic (exact) mass is 461 g/mol. The lowest BCUT2D eigenvalue weighted by Crippen LogP contribution is -2.31. The van der Waals surface area contributed by atoms with Crippen LogP contribution >= 0.6 is 0 Å². The van der Waals surface area contributed by atoms with Crippen LogP contribution in [0.2, 0.25) is 0 Å². The van der Waals surface area contributed by atoms with Crippen LogP contribution in [0, 0.1) is 11.7 Å². The number of hydrogen-bond donors (Lipinski definition) is 2. The van der Waals surface area contributed by atoms with Gasteiger partial charge < -0.3 is 34.7 Å². The second-order valence-electron chi connectivity index (χ2n) is 7.81. The van der Waals surface area contributed by atoms with Gasteiger partial charge in [-0.15, -0.1) is 0 Å². The summed E-state index contributed by atoms with van der Waals surface area (Å²) in [6.45, 7) is 4.51. The number of carbonyl (C=O) groups is 1. The molecule has 1 fully saturated rings. The molecule has 12 heteroatoms. The second kappa shape index (κ2) is 8.60. The molecule has 3 N–H and O–H groups in total. The van der Waals surface area contributed by atoms with Gasteiger partial charge in [0.2, 0.25) is 5.43 Å². The summed E-state index contributed by atoms with van der Waals surface area (Å²) in [6.07, 6.45) is 1.28. The lowest BCUT2D eigenvalue weighted by Gasteiger charge is -2.31. The molecule has 1 unspecified atom stereocenters. The number of amidine groups is 1. The SMILES string of the molecule is CCO/N=C1/CN(c2c(F)cc3c(=O)c(C(=O)O)cn4c3c2OC[C@@H]4C)CC1/C(N)=N\OC. The third-order valence-electron chi connectivity index (χ3n) is 5.71. The van der Waals surface area contributed by atoms with E-state index in [4.69, 9.17) is 20.1 Å². The Hall–Kier alpha value is -3.83. The van der Waals surface area contributed by atoms with Crippen molar-refractivity contribution in [3.63, 3.8) is 0 Å². The predicted molar refractivity (Wildman–Crippen MR) is 119 cm³/mol. The molecule has 0 aliphatic carbocycles. The van der Waals surface area contributed by atoms with Gasteiger partial charge in [-0.25, -0.2) is 9.18 Å². The first kappa shape index (κ1) is 22.4. The molecule has 0 amide bonds. The van der Waals surface area contributed by atoms with E-state index in [1.54, 1.807) is 16.4 Å². The van der Waals surface area contributed by atoms with Gasteiger partial charge >= 0.3 is 5.97 Å². The van der Waals surface area contributed by atoms with Gasteiger partial charge in [0.1, 0.15) is 37.4 Å². The topological polar surface area (TPSA) is 141 Å². The predicted octanol–water partition coefficient (Wildman–Crippen LogP) is 1.54. The highest BCUT2D eigenvalue weighted by Crippen LogP contribution is 2.43. The summed E-state index contributed by atoms with van der Waals surface area (Å²) >= 11 is 0. The number of oxime groups is 2. The fourth-order valence-electron chi connectivity index (χ4n) is 4.20. The van der Waals surface area contributed by atoms with E-state index in [1.165, 1.54) is 13.3 Å². The molecule has 0 bridgehead atoms. The Morgan fingerprint density at radius 2 is 2.21 bits per heavy atom. The summed E-state index contributed by atoms with van der Waals surface area (Å²) in [4.78, 5) is 36.0. The van der Waals surface area contributed by atoms with E-state index in [1.807, 2.05) is 6.92 Å². The maximum atomic E-state index is 15.5. The van der Waals surface area contributed by atoms with E-state index >= 15 is 4.39 Å². The van der Waals surface area contributed by atoms with Crippen molar-refractivity contribution in [1.82, 2.24) is 4.57 Å². The van der Waals surface area contributed by atoms with Crippen molar-refractivity contribution >= 4 is 34.1 Å². The molecule has 2 atom stereocenters. The van der Waals surface area contributed by atoms with Crippen molar-refractivity contribution in [1.29, 1.82) is 0 Å². The molecule has 176 valence electrons. The lowest BCUT2D eigenvalue weighted by atomic mass is 10.1. The van der Waals surface area contributed by atoms with Crippen molar-refractivity contribution in [3.8, 4) is 5.75 Å². The Bertz CT molecular complexity index is 1240. The molecule has 1 saturated heterocycles. The van der Waals surface area contributed by atoms with Crippen LogP contribution in [0.1, 0.15) is 30.2 Å². The Labute approximate surface area is 187 Å². The molecule has 33 heavy (non-hydrogen) atoms. The molecular weight excluding hydrogens is 437 g/mol. The highest BCUT2D eigenvalue weighted by molar-refractivity contribution is 6.10. The molecule has 3 heterocycles. The van der Waals surface area contributed by atoms with Crippen molar-refractivity contribution < 1.29 is 28.7 Å². The summed E-state index contributed by atoms with van der Waals surface area (Å²) in [7, 11) is 1.37. The van der Waals surface area contributed by atoms with Crippen molar-refractivity contribution in [2.45, 2.75) is 19.9 Å². The summed E-state index contributed by atoms with van der Waals surface area (Å²) in [5, 5.41) is 17.3. The molecule has 11 nitrogen and oxygen atoms in total. The molecule has 2 aliphatic rings. The standard InChI is InChI=1S/C21H24FN5O6/c1-4-33-24-15-8-26(6-12(15)20(23)25-31-3)17-14(22)5-11-16-19(17)32-9-10(2)27(16)7-13(18(11)28)21(29)30/h5,7,10,12H,4,6,8-9H2,1-3H3,(H2,23,25)(H,29,30)/b24-15-/t10-,12?/m0/s1. The number of pyridine rings is 1. The third-order valence-corrected chi connectivity index (χ3v) is 5.71. The number of aromatic carboxylic acids is 1. The number of aromatic nitrogens is 1. The molecule has 2 aliphatic heterocycles. The second-order valence-corrected chi connectivity index (χ2v) is 7.81. The van der Waals surface area contributed by atoms with Gasteiger partial charge in [-0.2, -0.15) is 0 Å². The number of hydrogen-bond acceptors (Lipinski definition) is 8. The molecular formula is C21H24FN5O6. The van der Waals surface area contributed by atoms with Gasteiger partial charge in [-0.05, 0) is 19.9 Å². The number of benzene rings is 1. The minimum atomic E-state index is -1.37. The number of ether oxygens (including phenoxy) is 1. The van der Waals surface area contributed by atoms with Gasteiger partial charge in [0.05, 0.1) is 35.1 Å². The van der Waals surface area contributed by atoms with Crippen LogP contribution in [0.3, 0.4) is 0 Å². The van der Waals surface area contributed by atoms with E-state index in [9.17, 15) is 14.7 Å². The van der Waals surface area contributed by atoms with Crippen LogP contribution in [0.15, 0.2) is 27.4 Å². The van der Waals surface area contributed by atoms with E-state index < -0.39 is 28.7 Å².